The normalized spacial score (nSPS) is 11.9. The second-order valence-corrected chi connectivity index (χ2v) is 9.50. The maximum Gasteiger partial charge on any atom is 0.249 e. The summed E-state index contributed by atoms with van der Waals surface area (Å²) in [6, 6.07) is 18.1. The van der Waals surface area contributed by atoms with Gasteiger partial charge < -0.3 is 5.32 Å². The summed E-state index contributed by atoms with van der Waals surface area (Å²) in [6.45, 7) is 5.67. The van der Waals surface area contributed by atoms with Crippen molar-refractivity contribution < 1.29 is 18.8 Å². The zero-order chi connectivity index (χ0) is 27.2. The summed E-state index contributed by atoms with van der Waals surface area (Å²) < 4.78 is 15.3. The molecule has 0 aliphatic heterocycles. The Morgan fingerprint density at radius 2 is 1.66 bits per heavy atom. The van der Waals surface area contributed by atoms with Crippen LogP contribution in [-0.4, -0.2) is 39.1 Å². The van der Waals surface area contributed by atoms with Crippen LogP contribution in [0.3, 0.4) is 0 Å². The predicted molar refractivity (Wildman–Crippen MR) is 143 cm³/mol. The molecule has 8 nitrogen and oxygen atoms in total. The van der Waals surface area contributed by atoms with E-state index in [1.54, 1.807) is 36.4 Å². The molecule has 0 fully saturated rings. The van der Waals surface area contributed by atoms with Crippen LogP contribution >= 0.6 is 0 Å². The fourth-order valence-electron chi connectivity index (χ4n) is 4.28. The van der Waals surface area contributed by atoms with Crippen LogP contribution in [0.15, 0.2) is 72.8 Å². The van der Waals surface area contributed by atoms with E-state index in [0.717, 1.165) is 6.42 Å². The highest BCUT2D eigenvalue weighted by Gasteiger charge is 2.35. The van der Waals surface area contributed by atoms with Crippen LogP contribution in [0.5, 0.6) is 0 Å². The number of amides is 2. The average Bonchev–Trinajstić information content (AvgIpc) is 3.30. The van der Waals surface area contributed by atoms with Crippen molar-refractivity contribution in [2.45, 2.75) is 39.8 Å². The van der Waals surface area contributed by atoms with Gasteiger partial charge in [0.25, 0.3) is 0 Å². The van der Waals surface area contributed by atoms with Gasteiger partial charge >= 0.3 is 0 Å². The molecule has 0 saturated heterocycles. The summed E-state index contributed by atoms with van der Waals surface area (Å²) >= 11 is 0. The molecule has 0 radical (unpaired) electrons. The monoisotopic (exact) mass is 515 g/mol. The maximum absolute atomic E-state index is 14.1. The predicted octanol–water partition coefficient (Wildman–Crippen LogP) is 4.71. The summed E-state index contributed by atoms with van der Waals surface area (Å²) in [5.41, 5.74) is 2.25. The lowest BCUT2D eigenvalue weighted by Gasteiger charge is -2.32. The van der Waals surface area contributed by atoms with Crippen molar-refractivity contribution in [1.82, 2.24) is 20.3 Å². The minimum atomic E-state index is -1.16. The molecular formula is C29H30FN5O3. The molecule has 4 aromatic rings. The fourth-order valence-corrected chi connectivity index (χ4v) is 4.28. The number of carbonyl (C=O) groups is 3. The number of nitrogens with one attached hydrogen (secondary N) is 1. The van der Waals surface area contributed by atoms with Gasteiger partial charge in [-0.25, -0.2) is 9.07 Å². The molecule has 38 heavy (non-hydrogen) atoms. The van der Waals surface area contributed by atoms with Crippen LogP contribution in [0.4, 0.5) is 10.1 Å². The molecule has 3 aromatic carbocycles. The van der Waals surface area contributed by atoms with E-state index in [4.69, 9.17) is 0 Å². The lowest BCUT2D eigenvalue weighted by molar-refractivity contribution is -0.127. The molecule has 0 saturated carbocycles. The fraction of sp³-hybridized carbons (Fsp3) is 0.276. The third-order valence-corrected chi connectivity index (χ3v) is 6.23. The van der Waals surface area contributed by atoms with Crippen LogP contribution in [0.2, 0.25) is 0 Å². The van der Waals surface area contributed by atoms with E-state index in [9.17, 15) is 18.8 Å². The van der Waals surface area contributed by atoms with Crippen molar-refractivity contribution >= 4 is 34.3 Å². The molecule has 0 bridgehead atoms. The van der Waals surface area contributed by atoms with Gasteiger partial charge in [0.2, 0.25) is 11.8 Å². The molecule has 1 heterocycles. The molecule has 0 aliphatic rings. The zero-order valence-corrected chi connectivity index (χ0v) is 21.6. The van der Waals surface area contributed by atoms with Gasteiger partial charge in [-0.05, 0) is 61.2 Å². The van der Waals surface area contributed by atoms with Gasteiger partial charge in [-0.3, -0.25) is 19.3 Å². The summed E-state index contributed by atoms with van der Waals surface area (Å²) in [5.74, 6) is -1.29. The number of rotatable bonds is 10. The molecule has 1 atom stereocenters. The highest BCUT2D eigenvalue weighted by atomic mass is 19.1. The number of aromatic nitrogens is 3. The first kappa shape index (κ1) is 26.7. The maximum atomic E-state index is 14.1. The Morgan fingerprint density at radius 3 is 2.37 bits per heavy atom. The minimum absolute atomic E-state index is 0.232. The Morgan fingerprint density at radius 1 is 0.974 bits per heavy atom. The van der Waals surface area contributed by atoms with Crippen molar-refractivity contribution in [3.05, 3.63) is 89.7 Å². The van der Waals surface area contributed by atoms with E-state index in [1.807, 2.05) is 26.0 Å². The number of hydrogen-bond donors (Lipinski definition) is 1. The number of carbonyl (C=O) groups excluding carboxylic acids is 3. The Bertz CT molecular complexity index is 1450. The zero-order valence-electron chi connectivity index (χ0n) is 21.6. The average molecular weight is 516 g/mol. The number of ketones is 1. The number of fused-ring (bicyclic) bond motifs is 1. The molecule has 196 valence electrons. The topological polar surface area (TPSA) is 97.2 Å². The van der Waals surface area contributed by atoms with Gasteiger partial charge in [0.1, 0.15) is 23.9 Å². The summed E-state index contributed by atoms with van der Waals surface area (Å²) in [6.07, 6.45) is 0.741. The summed E-state index contributed by atoms with van der Waals surface area (Å²) in [5, 5.41) is 11.2. The van der Waals surface area contributed by atoms with Gasteiger partial charge in [-0.1, -0.05) is 55.5 Å². The molecule has 1 aromatic heterocycles. The molecule has 1 N–H and O–H groups in total. The van der Waals surface area contributed by atoms with Gasteiger partial charge in [-0.15, -0.1) is 5.10 Å². The van der Waals surface area contributed by atoms with Crippen molar-refractivity contribution in [3.8, 4) is 0 Å². The number of benzene rings is 3. The van der Waals surface area contributed by atoms with E-state index in [1.165, 1.54) is 40.8 Å². The second-order valence-electron chi connectivity index (χ2n) is 9.50. The molecule has 1 unspecified atom stereocenters. The van der Waals surface area contributed by atoms with Crippen LogP contribution in [0.1, 0.15) is 49.2 Å². The SMILES string of the molecule is CC(=O)c1ccccc1N(C(=O)Cn1nnc2ccccc21)C(C(=O)NCCC(C)C)c1ccc(F)cc1. The number of nitrogens with zero attached hydrogens (tertiary/aromatic N) is 4. The van der Waals surface area contributed by atoms with Gasteiger partial charge in [0.05, 0.1) is 11.2 Å². The van der Waals surface area contributed by atoms with Crippen LogP contribution in [0.25, 0.3) is 11.0 Å². The first-order valence-electron chi connectivity index (χ1n) is 12.5. The smallest absolute Gasteiger partial charge is 0.249 e. The molecule has 2 amide bonds. The van der Waals surface area contributed by atoms with E-state index in [-0.39, 0.29) is 23.6 Å². The van der Waals surface area contributed by atoms with Crippen molar-refractivity contribution in [1.29, 1.82) is 0 Å². The summed E-state index contributed by atoms with van der Waals surface area (Å²) in [7, 11) is 0. The largest absolute Gasteiger partial charge is 0.354 e. The Balaban J connectivity index is 1.83. The number of hydrogen-bond acceptors (Lipinski definition) is 5. The van der Waals surface area contributed by atoms with Crippen LogP contribution in [-0.2, 0) is 16.1 Å². The quantitative estimate of drug-likeness (QED) is 0.309. The highest BCUT2D eigenvalue weighted by molar-refractivity contribution is 6.08. The Hall–Kier alpha value is -4.40. The van der Waals surface area contributed by atoms with Gasteiger partial charge in [-0.2, -0.15) is 0 Å². The molecule has 4 rings (SSSR count). The van der Waals surface area contributed by atoms with E-state index in [0.29, 0.717) is 29.1 Å². The molecule has 0 aliphatic carbocycles. The van der Waals surface area contributed by atoms with Crippen molar-refractivity contribution in [3.63, 3.8) is 0 Å². The van der Waals surface area contributed by atoms with Crippen LogP contribution in [0, 0.1) is 11.7 Å². The van der Waals surface area contributed by atoms with E-state index < -0.39 is 23.7 Å². The summed E-state index contributed by atoms with van der Waals surface area (Å²) in [4.78, 5) is 41.7. The van der Waals surface area contributed by atoms with Crippen molar-refractivity contribution in [2.75, 3.05) is 11.4 Å². The lowest BCUT2D eigenvalue weighted by Crippen LogP contribution is -2.46. The third kappa shape index (κ3) is 5.94. The number of halogens is 1. The Labute approximate surface area is 220 Å². The molecule has 9 heteroatoms. The number of anilines is 1. The van der Waals surface area contributed by atoms with Gasteiger partial charge in [0, 0.05) is 12.1 Å². The first-order valence-corrected chi connectivity index (χ1v) is 12.5. The molecule has 0 spiro atoms. The standard InChI is InChI=1S/C29H30FN5O3/c1-19(2)16-17-31-29(38)28(21-12-14-22(30)15-13-21)35(25-10-6-4-8-23(25)20(3)36)27(37)18-34-26-11-7-5-9-24(26)32-33-34/h4-15,19,28H,16-18H2,1-3H3,(H,31,38). The lowest BCUT2D eigenvalue weighted by atomic mass is 10.00. The van der Waals surface area contributed by atoms with E-state index in [2.05, 4.69) is 15.6 Å². The first-order chi connectivity index (χ1) is 18.3. The Kier molecular flexibility index (Phi) is 8.25. The third-order valence-electron chi connectivity index (χ3n) is 6.23. The van der Waals surface area contributed by atoms with Crippen LogP contribution < -0.4 is 10.2 Å². The number of para-hydroxylation sites is 2. The second kappa shape index (κ2) is 11.8. The van der Waals surface area contributed by atoms with Gasteiger partial charge in [0.15, 0.2) is 5.78 Å². The highest BCUT2D eigenvalue weighted by Crippen LogP contribution is 2.32. The number of Topliss-reactive ketones (excluding diaryl/α,β-unsaturated/α-hetero) is 1. The minimum Gasteiger partial charge on any atom is -0.354 e. The van der Waals surface area contributed by atoms with Crippen molar-refractivity contribution in [2.24, 2.45) is 5.92 Å². The van der Waals surface area contributed by atoms with E-state index >= 15 is 0 Å². The molecular weight excluding hydrogens is 485 g/mol.